The molecule has 0 fully saturated rings. The predicted octanol–water partition coefficient (Wildman–Crippen LogP) is 2.99. The molecule has 156 valence electrons. The first kappa shape index (κ1) is 19.0. The maximum Gasteiger partial charge on any atom is 0.256 e. The van der Waals surface area contributed by atoms with Gasteiger partial charge in [-0.25, -0.2) is 4.39 Å². The number of nitrogens with one attached hydrogen (secondary N) is 1. The van der Waals surface area contributed by atoms with Crippen molar-refractivity contribution < 1.29 is 13.9 Å². The molecule has 3 heterocycles. The third-order valence-corrected chi connectivity index (χ3v) is 5.18. The summed E-state index contributed by atoms with van der Waals surface area (Å²) < 4.78 is 20.9. The molecule has 31 heavy (non-hydrogen) atoms. The highest BCUT2D eigenvalue weighted by Gasteiger charge is 2.21. The van der Waals surface area contributed by atoms with Crippen molar-refractivity contribution in [2.75, 3.05) is 11.9 Å². The largest absolute Gasteiger partial charge is 0.477 e. The summed E-state index contributed by atoms with van der Waals surface area (Å²) in [5, 5.41) is 8.28. The van der Waals surface area contributed by atoms with Gasteiger partial charge in [0.25, 0.3) is 5.95 Å². The highest BCUT2D eigenvalue weighted by atomic mass is 19.1. The molecular formula is C22H19FN6O2. The van der Waals surface area contributed by atoms with E-state index in [9.17, 15) is 9.18 Å². The lowest BCUT2D eigenvalue weighted by molar-refractivity contribution is 0.100. The standard InChI is InChI=1S/C22H19FN6O2/c23-14-5-1-4-13(10-14)11-25-20-16-7-3-9-31-21(16)28-22(27-20)29-18-8-2-6-15(19(24)30)17(18)12-26-29/h1-2,4-6,8,10,12H,3,7,9,11H2,(H2,24,30)(H,25,27,28). The molecule has 0 saturated carbocycles. The molecule has 0 bridgehead atoms. The van der Waals surface area contributed by atoms with Gasteiger partial charge in [-0.2, -0.15) is 19.7 Å². The Morgan fingerprint density at radius 1 is 1.23 bits per heavy atom. The van der Waals surface area contributed by atoms with Gasteiger partial charge in [0.2, 0.25) is 11.8 Å². The maximum atomic E-state index is 13.5. The summed E-state index contributed by atoms with van der Waals surface area (Å²) in [4.78, 5) is 21.0. The molecule has 3 N–H and O–H groups in total. The Balaban J connectivity index is 1.57. The van der Waals surface area contributed by atoms with Gasteiger partial charge in [0.05, 0.1) is 29.4 Å². The third kappa shape index (κ3) is 3.54. The van der Waals surface area contributed by atoms with Crippen LogP contribution in [-0.4, -0.2) is 32.3 Å². The Kier molecular flexibility index (Phi) is 4.70. The van der Waals surface area contributed by atoms with Gasteiger partial charge >= 0.3 is 0 Å². The second-order valence-corrected chi connectivity index (χ2v) is 7.25. The van der Waals surface area contributed by atoms with Crippen LogP contribution in [0.3, 0.4) is 0 Å². The van der Waals surface area contributed by atoms with Crippen molar-refractivity contribution >= 4 is 22.6 Å². The van der Waals surface area contributed by atoms with Crippen LogP contribution in [0, 0.1) is 5.82 Å². The minimum atomic E-state index is -0.530. The van der Waals surface area contributed by atoms with Crippen LogP contribution in [0.25, 0.3) is 16.9 Å². The van der Waals surface area contributed by atoms with Gasteiger partial charge in [-0.1, -0.05) is 18.2 Å². The van der Waals surface area contributed by atoms with Gasteiger partial charge < -0.3 is 15.8 Å². The molecule has 0 aliphatic carbocycles. The predicted molar refractivity (Wildman–Crippen MR) is 113 cm³/mol. The number of aromatic nitrogens is 4. The van der Waals surface area contributed by atoms with E-state index in [1.807, 2.05) is 12.1 Å². The van der Waals surface area contributed by atoms with Crippen LogP contribution in [0.5, 0.6) is 5.88 Å². The van der Waals surface area contributed by atoms with Gasteiger partial charge in [-0.3, -0.25) is 4.79 Å². The van der Waals surface area contributed by atoms with Crippen molar-refractivity contribution in [3.05, 3.63) is 71.2 Å². The van der Waals surface area contributed by atoms with Crippen LogP contribution in [0.15, 0.2) is 48.7 Å². The van der Waals surface area contributed by atoms with E-state index in [-0.39, 0.29) is 5.82 Å². The fourth-order valence-electron chi connectivity index (χ4n) is 3.71. The van der Waals surface area contributed by atoms with E-state index in [1.165, 1.54) is 12.1 Å². The van der Waals surface area contributed by atoms with Gasteiger partial charge in [-0.05, 0) is 42.7 Å². The average molecular weight is 418 g/mol. The summed E-state index contributed by atoms with van der Waals surface area (Å²) in [6.45, 7) is 0.963. The van der Waals surface area contributed by atoms with Crippen LogP contribution in [0.1, 0.15) is 27.9 Å². The first-order chi connectivity index (χ1) is 15.1. The molecule has 0 radical (unpaired) electrons. The van der Waals surface area contributed by atoms with Crippen molar-refractivity contribution in [3.63, 3.8) is 0 Å². The highest BCUT2D eigenvalue weighted by Crippen LogP contribution is 2.30. The molecule has 0 unspecified atom stereocenters. The normalized spacial score (nSPS) is 12.9. The van der Waals surface area contributed by atoms with Gasteiger partial charge in [0.15, 0.2) is 0 Å². The number of rotatable bonds is 5. The van der Waals surface area contributed by atoms with Gasteiger partial charge in [-0.15, -0.1) is 0 Å². The second kappa shape index (κ2) is 7.67. The molecule has 2 aromatic carbocycles. The van der Waals surface area contributed by atoms with Crippen molar-refractivity contribution in [2.24, 2.45) is 5.73 Å². The summed E-state index contributed by atoms with van der Waals surface area (Å²) in [6, 6.07) is 11.6. The summed E-state index contributed by atoms with van der Waals surface area (Å²) in [5.74, 6) is 0.587. The molecular weight excluding hydrogens is 399 g/mol. The van der Waals surface area contributed by atoms with E-state index in [0.717, 1.165) is 24.0 Å². The minimum Gasteiger partial charge on any atom is -0.477 e. The summed E-state index contributed by atoms with van der Waals surface area (Å²) >= 11 is 0. The maximum absolute atomic E-state index is 13.5. The number of fused-ring (bicyclic) bond motifs is 2. The number of nitrogens with zero attached hydrogens (tertiary/aromatic N) is 4. The Morgan fingerprint density at radius 3 is 2.94 bits per heavy atom. The smallest absolute Gasteiger partial charge is 0.256 e. The van der Waals surface area contributed by atoms with E-state index in [2.05, 4.69) is 20.4 Å². The number of carbonyl (C=O) groups is 1. The number of halogens is 1. The van der Waals surface area contributed by atoms with Crippen LogP contribution < -0.4 is 15.8 Å². The van der Waals surface area contributed by atoms with Crippen LogP contribution >= 0.6 is 0 Å². The summed E-state index contributed by atoms with van der Waals surface area (Å²) in [6.07, 6.45) is 3.20. The topological polar surface area (TPSA) is 108 Å². The Morgan fingerprint density at radius 2 is 2.10 bits per heavy atom. The van der Waals surface area contributed by atoms with Crippen molar-refractivity contribution in [1.29, 1.82) is 0 Å². The fraction of sp³-hybridized carbons (Fsp3) is 0.182. The molecule has 1 aliphatic heterocycles. The zero-order valence-electron chi connectivity index (χ0n) is 16.5. The lowest BCUT2D eigenvalue weighted by Gasteiger charge is -2.20. The Hall–Kier alpha value is -4.01. The number of anilines is 1. The fourth-order valence-corrected chi connectivity index (χ4v) is 3.71. The van der Waals surface area contributed by atoms with Crippen LogP contribution in [0.4, 0.5) is 10.2 Å². The number of carbonyl (C=O) groups excluding carboxylic acids is 1. The molecule has 9 heteroatoms. The molecule has 5 rings (SSSR count). The molecule has 8 nitrogen and oxygen atoms in total. The Labute approximate surface area is 176 Å². The number of primary amides is 1. The zero-order chi connectivity index (χ0) is 21.4. The monoisotopic (exact) mass is 418 g/mol. The van der Waals surface area contributed by atoms with E-state index < -0.39 is 5.91 Å². The molecule has 0 saturated heterocycles. The van der Waals surface area contributed by atoms with Crippen molar-refractivity contribution in [1.82, 2.24) is 19.7 Å². The number of amides is 1. The highest BCUT2D eigenvalue weighted by molar-refractivity contribution is 6.05. The molecule has 0 atom stereocenters. The molecule has 1 aliphatic rings. The van der Waals surface area contributed by atoms with Gasteiger partial charge in [0, 0.05) is 11.9 Å². The van der Waals surface area contributed by atoms with Crippen molar-refractivity contribution in [3.8, 4) is 11.8 Å². The van der Waals surface area contributed by atoms with E-state index in [1.54, 1.807) is 29.1 Å². The summed E-state index contributed by atoms with van der Waals surface area (Å²) in [5.41, 5.74) is 8.19. The number of hydrogen-bond donors (Lipinski definition) is 2. The lowest BCUT2D eigenvalue weighted by Crippen LogP contribution is -2.17. The minimum absolute atomic E-state index is 0.290. The summed E-state index contributed by atoms with van der Waals surface area (Å²) in [7, 11) is 0. The SMILES string of the molecule is NC(=O)c1cccc2c1cnn2-c1nc(NCc2cccc(F)c2)c2c(n1)OCCC2. The van der Waals surface area contributed by atoms with Gasteiger partial charge in [0.1, 0.15) is 11.6 Å². The van der Waals surface area contributed by atoms with Crippen LogP contribution in [-0.2, 0) is 13.0 Å². The van der Waals surface area contributed by atoms with E-state index >= 15 is 0 Å². The lowest BCUT2D eigenvalue weighted by atomic mass is 10.1. The number of ether oxygens (including phenoxy) is 1. The molecule has 2 aromatic heterocycles. The molecule has 0 spiro atoms. The average Bonchev–Trinajstić information content (AvgIpc) is 3.21. The second-order valence-electron chi connectivity index (χ2n) is 7.25. The first-order valence-electron chi connectivity index (χ1n) is 9.89. The zero-order valence-corrected chi connectivity index (χ0v) is 16.5. The third-order valence-electron chi connectivity index (χ3n) is 5.18. The molecule has 4 aromatic rings. The Bertz CT molecular complexity index is 1300. The number of benzene rings is 2. The van der Waals surface area contributed by atoms with E-state index in [0.29, 0.717) is 47.3 Å². The number of nitrogens with two attached hydrogens (primary N) is 1. The van der Waals surface area contributed by atoms with Crippen molar-refractivity contribution in [2.45, 2.75) is 19.4 Å². The van der Waals surface area contributed by atoms with E-state index in [4.69, 9.17) is 10.5 Å². The quantitative estimate of drug-likeness (QED) is 0.516. The first-order valence-corrected chi connectivity index (χ1v) is 9.89. The number of hydrogen-bond acceptors (Lipinski definition) is 6. The van der Waals surface area contributed by atoms with Crippen LogP contribution in [0.2, 0.25) is 0 Å². The molecule has 1 amide bonds.